The van der Waals surface area contributed by atoms with Crippen LogP contribution in [0.1, 0.15) is 43.0 Å². The monoisotopic (exact) mass is 308 g/mol. The van der Waals surface area contributed by atoms with Crippen molar-refractivity contribution >= 4 is 5.91 Å². The van der Waals surface area contributed by atoms with Gasteiger partial charge in [0.15, 0.2) is 5.82 Å². The van der Waals surface area contributed by atoms with Crippen LogP contribution in [0.3, 0.4) is 0 Å². The molecule has 1 atom stereocenters. The zero-order valence-corrected chi connectivity index (χ0v) is 13.2. The molecule has 1 aliphatic carbocycles. The normalized spacial score (nSPS) is 15.6. The minimum absolute atomic E-state index is 0.0563. The topological polar surface area (TPSA) is 67.8 Å². The maximum absolute atomic E-state index is 12.3. The maximum Gasteiger partial charge on any atom is 0.254 e. The van der Waals surface area contributed by atoms with Crippen LogP contribution in [0.4, 0.5) is 0 Å². The Labute approximate surface area is 135 Å². The van der Waals surface area contributed by atoms with E-state index in [0.717, 1.165) is 18.4 Å². The highest BCUT2D eigenvalue weighted by atomic mass is 16.1. The van der Waals surface area contributed by atoms with Crippen molar-refractivity contribution < 1.29 is 4.79 Å². The summed E-state index contributed by atoms with van der Waals surface area (Å²) in [6, 6.07) is 3.78. The SMILES string of the molecule is C[C@@H](NC(=O)c1cnc(-c2cccnc2)nc1)C1=CCCCC1. The lowest BCUT2D eigenvalue weighted by molar-refractivity contribution is 0.0944. The zero-order valence-electron chi connectivity index (χ0n) is 13.2. The number of pyridine rings is 1. The van der Waals surface area contributed by atoms with Crippen LogP contribution < -0.4 is 5.32 Å². The second-order valence-electron chi connectivity index (χ2n) is 5.76. The van der Waals surface area contributed by atoms with E-state index in [4.69, 9.17) is 0 Å². The minimum Gasteiger partial charge on any atom is -0.346 e. The van der Waals surface area contributed by atoms with Crippen LogP contribution in [-0.4, -0.2) is 26.9 Å². The molecule has 118 valence electrons. The predicted octanol–water partition coefficient (Wildman–Crippen LogP) is 3.16. The lowest BCUT2D eigenvalue weighted by atomic mass is 9.94. The number of amides is 1. The van der Waals surface area contributed by atoms with Gasteiger partial charge >= 0.3 is 0 Å². The molecule has 5 nitrogen and oxygen atoms in total. The first-order chi connectivity index (χ1) is 11.2. The molecule has 0 aliphatic heterocycles. The van der Waals surface area contributed by atoms with E-state index in [9.17, 15) is 4.79 Å². The average Bonchev–Trinajstić information content (AvgIpc) is 2.63. The molecular weight excluding hydrogens is 288 g/mol. The van der Waals surface area contributed by atoms with Crippen molar-refractivity contribution in [3.8, 4) is 11.4 Å². The molecule has 1 amide bonds. The number of hydrogen-bond acceptors (Lipinski definition) is 4. The van der Waals surface area contributed by atoms with E-state index < -0.39 is 0 Å². The zero-order chi connectivity index (χ0) is 16.1. The number of hydrogen-bond donors (Lipinski definition) is 1. The number of nitrogens with zero attached hydrogens (tertiary/aromatic N) is 3. The summed E-state index contributed by atoms with van der Waals surface area (Å²) >= 11 is 0. The Kier molecular flexibility index (Phi) is 4.76. The summed E-state index contributed by atoms with van der Waals surface area (Å²) in [5, 5.41) is 3.03. The molecule has 0 unspecified atom stereocenters. The highest BCUT2D eigenvalue weighted by Gasteiger charge is 2.15. The van der Waals surface area contributed by atoms with E-state index in [2.05, 4.69) is 26.3 Å². The van der Waals surface area contributed by atoms with Gasteiger partial charge in [-0.3, -0.25) is 9.78 Å². The van der Waals surface area contributed by atoms with Crippen LogP contribution in [0.2, 0.25) is 0 Å². The third-order valence-electron chi connectivity index (χ3n) is 4.06. The van der Waals surface area contributed by atoms with E-state index in [1.165, 1.54) is 18.4 Å². The molecule has 3 rings (SSSR count). The highest BCUT2D eigenvalue weighted by molar-refractivity contribution is 5.94. The molecule has 23 heavy (non-hydrogen) atoms. The minimum atomic E-state index is -0.137. The summed E-state index contributed by atoms with van der Waals surface area (Å²) in [6.07, 6.45) is 13.4. The highest BCUT2D eigenvalue weighted by Crippen LogP contribution is 2.20. The Balaban J connectivity index is 1.67. The smallest absolute Gasteiger partial charge is 0.254 e. The molecule has 0 bridgehead atoms. The average molecular weight is 308 g/mol. The van der Waals surface area contributed by atoms with Gasteiger partial charge in [-0.1, -0.05) is 11.6 Å². The third-order valence-corrected chi connectivity index (χ3v) is 4.06. The van der Waals surface area contributed by atoms with E-state index >= 15 is 0 Å². The van der Waals surface area contributed by atoms with E-state index in [0.29, 0.717) is 11.4 Å². The maximum atomic E-state index is 12.3. The van der Waals surface area contributed by atoms with Gasteiger partial charge in [0.2, 0.25) is 0 Å². The number of allylic oxidation sites excluding steroid dienone is 1. The fourth-order valence-corrected chi connectivity index (χ4v) is 2.72. The van der Waals surface area contributed by atoms with Gasteiger partial charge in [0.25, 0.3) is 5.91 Å². The molecule has 0 spiro atoms. The molecular formula is C18H20N4O. The van der Waals surface area contributed by atoms with Gasteiger partial charge in [0.1, 0.15) is 0 Å². The summed E-state index contributed by atoms with van der Waals surface area (Å²) in [5.41, 5.74) is 2.62. The Hall–Kier alpha value is -2.56. The van der Waals surface area contributed by atoms with Crippen molar-refractivity contribution in [2.24, 2.45) is 0 Å². The van der Waals surface area contributed by atoms with Crippen LogP contribution in [0.25, 0.3) is 11.4 Å². The first-order valence-corrected chi connectivity index (χ1v) is 7.96. The summed E-state index contributed by atoms with van der Waals surface area (Å²) in [6.45, 7) is 2.03. The molecule has 0 aromatic carbocycles. The van der Waals surface area contributed by atoms with Crippen molar-refractivity contribution in [2.75, 3.05) is 0 Å². The molecule has 5 heteroatoms. The fourth-order valence-electron chi connectivity index (χ4n) is 2.72. The van der Waals surface area contributed by atoms with Crippen molar-refractivity contribution in [2.45, 2.75) is 38.6 Å². The van der Waals surface area contributed by atoms with Gasteiger partial charge in [-0.05, 0) is 44.7 Å². The van der Waals surface area contributed by atoms with Crippen molar-refractivity contribution in [1.29, 1.82) is 0 Å². The Morgan fingerprint density at radius 1 is 1.22 bits per heavy atom. The van der Waals surface area contributed by atoms with E-state index in [1.807, 2.05) is 19.1 Å². The second kappa shape index (κ2) is 7.13. The van der Waals surface area contributed by atoms with Gasteiger partial charge < -0.3 is 5.32 Å². The molecule has 2 aromatic heterocycles. The van der Waals surface area contributed by atoms with Gasteiger partial charge in [0.05, 0.1) is 5.56 Å². The Bertz CT molecular complexity index is 695. The molecule has 0 saturated heterocycles. The van der Waals surface area contributed by atoms with Gasteiger partial charge in [0, 0.05) is 36.4 Å². The summed E-state index contributed by atoms with van der Waals surface area (Å²) in [5.74, 6) is 0.430. The quantitative estimate of drug-likeness (QED) is 0.881. The van der Waals surface area contributed by atoms with Crippen LogP contribution in [0.15, 0.2) is 48.6 Å². The van der Waals surface area contributed by atoms with Crippen LogP contribution in [-0.2, 0) is 0 Å². The number of carbonyl (C=O) groups is 1. The third kappa shape index (κ3) is 3.80. The molecule has 0 fully saturated rings. The molecule has 0 radical (unpaired) electrons. The fraction of sp³-hybridized carbons (Fsp3) is 0.333. The largest absolute Gasteiger partial charge is 0.346 e. The van der Waals surface area contributed by atoms with E-state index in [-0.39, 0.29) is 11.9 Å². The number of nitrogens with one attached hydrogen (secondary N) is 1. The van der Waals surface area contributed by atoms with Crippen molar-refractivity contribution in [3.05, 3.63) is 54.1 Å². The first-order valence-electron chi connectivity index (χ1n) is 7.96. The van der Waals surface area contributed by atoms with Crippen LogP contribution >= 0.6 is 0 Å². The molecule has 2 heterocycles. The molecule has 1 aliphatic rings. The summed E-state index contributed by atoms with van der Waals surface area (Å²) in [4.78, 5) is 24.9. The lowest BCUT2D eigenvalue weighted by Crippen LogP contribution is -2.34. The summed E-state index contributed by atoms with van der Waals surface area (Å²) < 4.78 is 0. The van der Waals surface area contributed by atoms with E-state index in [1.54, 1.807) is 24.8 Å². The van der Waals surface area contributed by atoms with Crippen LogP contribution in [0.5, 0.6) is 0 Å². The van der Waals surface area contributed by atoms with Gasteiger partial charge in [-0.25, -0.2) is 9.97 Å². The second-order valence-corrected chi connectivity index (χ2v) is 5.76. The molecule has 0 saturated carbocycles. The van der Waals surface area contributed by atoms with Gasteiger partial charge in [-0.15, -0.1) is 0 Å². The van der Waals surface area contributed by atoms with Crippen LogP contribution in [0, 0.1) is 0 Å². The number of rotatable bonds is 4. The van der Waals surface area contributed by atoms with Crippen molar-refractivity contribution in [3.63, 3.8) is 0 Å². The Morgan fingerprint density at radius 3 is 2.70 bits per heavy atom. The standard InChI is InChI=1S/C18H20N4O/c1-13(14-6-3-2-4-7-14)22-18(23)16-11-20-17(21-12-16)15-8-5-9-19-10-15/h5-6,8-13H,2-4,7H2,1H3,(H,22,23)/t13-/m1/s1. The van der Waals surface area contributed by atoms with Gasteiger partial charge in [-0.2, -0.15) is 0 Å². The summed E-state index contributed by atoms with van der Waals surface area (Å²) in [7, 11) is 0. The number of aromatic nitrogens is 3. The molecule has 2 aromatic rings. The molecule has 1 N–H and O–H groups in total. The van der Waals surface area contributed by atoms with Crippen molar-refractivity contribution in [1.82, 2.24) is 20.3 Å². The predicted molar refractivity (Wildman–Crippen MR) is 88.7 cm³/mol. The Morgan fingerprint density at radius 2 is 2.04 bits per heavy atom. The lowest BCUT2D eigenvalue weighted by Gasteiger charge is -2.20. The number of carbonyl (C=O) groups excluding carboxylic acids is 1. The first kappa shape index (κ1) is 15.3.